The number of hydrogen-bond acceptors (Lipinski definition) is 4. The molecule has 1 aliphatic rings. The van der Waals surface area contributed by atoms with Gasteiger partial charge in [0.05, 0.1) is 17.6 Å². The van der Waals surface area contributed by atoms with Crippen LogP contribution in [0.25, 0.3) is 5.69 Å². The first kappa shape index (κ1) is 19.1. The highest BCUT2D eigenvalue weighted by molar-refractivity contribution is 5.93. The Hall–Kier alpha value is -2.67. The van der Waals surface area contributed by atoms with Gasteiger partial charge in [-0.3, -0.25) is 9.59 Å². The molecule has 27 heavy (non-hydrogen) atoms. The van der Waals surface area contributed by atoms with E-state index in [1.165, 1.54) is 0 Å². The molecule has 7 nitrogen and oxygen atoms in total. The number of amides is 1. The van der Waals surface area contributed by atoms with Gasteiger partial charge in [0.25, 0.3) is 5.91 Å². The second-order valence-corrected chi connectivity index (χ2v) is 7.35. The van der Waals surface area contributed by atoms with Crippen LogP contribution < -0.4 is 5.32 Å². The van der Waals surface area contributed by atoms with Crippen molar-refractivity contribution >= 4 is 11.9 Å². The maximum absolute atomic E-state index is 12.8. The van der Waals surface area contributed by atoms with Crippen LogP contribution >= 0.6 is 0 Å². The molecule has 7 heteroatoms. The molecular weight excluding hydrogens is 346 g/mol. The van der Waals surface area contributed by atoms with E-state index in [9.17, 15) is 14.7 Å². The van der Waals surface area contributed by atoms with Gasteiger partial charge in [0.15, 0.2) is 5.69 Å². The summed E-state index contributed by atoms with van der Waals surface area (Å²) in [4.78, 5) is 24.1. The fraction of sp³-hybridized carbons (Fsp3) is 0.450. The van der Waals surface area contributed by atoms with Crippen LogP contribution in [-0.2, 0) is 9.53 Å². The normalized spacial score (nSPS) is 16.1. The topological polar surface area (TPSA) is 93.5 Å². The van der Waals surface area contributed by atoms with E-state index in [2.05, 4.69) is 16.5 Å². The van der Waals surface area contributed by atoms with E-state index in [1.807, 2.05) is 32.9 Å². The summed E-state index contributed by atoms with van der Waals surface area (Å²) in [7, 11) is 0. The van der Waals surface area contributed by atoms with Crippen molar-refractivity contribution in [2.75, 3.05) is 13.2 Å². The fourth-order valence-electron chi connectivity index (χ4n) is 3.62. The first-order valence-corrected chi connectivity index (χ1v) is 9.05. The Kier molecular flexibility index (Phi) is 5.32. The van der Waals surface area contributed by atoms with Gasteiger partial charge in [0, 0.05) is 18.9 Å². The number of benzene rings is 1. The van der Waals surface area contributed by atoms with Crippen LogP contribution in [0.3, 0.4) is 0 Å². The Bertz CT molecular complexity index is 846. The Morgan fingerprint density at radius 1 is 1.15 bits per heavy atom. The largest absolute Gasteiger partial charge is 0.481 e. The Balaban J connectivity index is 1.86. The van der Waals surface area contributed by atoms with Gasteiger partial charge in [-0.05, 0) is 62.9 Å². The molecule has 2 aromatic rings. The van der Waals surface area contributed by atoms with Crippen molar-refractivity contribution in [3.8, 4) is 5.69 Å². The second kappa shape index (κ2) is 7.52. The van der Waals surface area contributed by atoms with Gasteiger partial charge in [-0.2, -0.15) is 5.10 Å². The SMILES string of the molecule is Cc1cc(C)cc(-n2nc(C(=O)NC3(CC(=O)O)CCOCC3)cc2C)c1. The molecule has 0 atom stereocenters. The van der Waals surface area contributed by atoms with Crippen molar-refractivity contribution < 1.29 is 19.4 Å². The quantitative estimate of drug-likeness (QED) is 0.842. The Morgan fingerprint density at radius 2 is 1.78 bits per heavy atom. The first-order valence-electron chi connectivity index (χ1n) is 9.05. The third-order valence-corrected chi connectivity index (χ3v) is 4.89. The summed E-state index contributed by atoms with van der Waals surface area (Å²) in [5, 5.41) is 16.6. The van der Waals surface area contributed by atoms with Gasteiger partial charge in [0.2, 0.25) is 0 Å². The third-order valence-electron chi connectivity index (χ3n) is 4.89. The van der Waals surface area contributed by atoms with Crippen molar-refractivity contribution in [1.29, 1.82) is 0 Å². The lowest BCUT2D eigenvalue weighted by Gasteiger charge is -2.36. The molecule has 0 aliphatic carbocycles. The second-order valence-electron chi connectivity index (χ2n) is 7.35. The molecule has 144 valence electrons. The number of aliphatic carboxylic acids is 1. The average molecular weight is 371 g/mol. The molecule has 0 saturated carbocycles. The summed E-state index contributed by atoms with van der Waals surface area (Å²) in [6, 6.07) is 7.83. The number of rotatable bonds is 5. The number of aryl methyl sites for hydroxylation is 3. The summed E-state index contributed by atoms with van der Waals surface area (Å²) >= 11 is 0. The van der Waals surface area contributed by atoms with E-state index in [1.54, 1.807) is 10.7 Å². The van der Waals surface area contributed by atoms with Gasteiger partial charge in [-0.25, -0.2) is 4.68 Å². The number of carboxylic acids is 1. The number of nitrogens with zero attached hydrogens (tertiary/aromatic N) is 2. The summed E-state index contributed by atoms with van der Waals surface area (Å²) in [6.45, 7) is 6.80. The van der Waals surface area contributed by atoms with Crippen molar-refractivity contribution in [1.82, 2.24) is 15.1 Å². The summed E-state index contributed by atoms with van der Waals surface area (Å²) < 4.78 is 7.07. The molecule has 1 saturated heterocycles. The van der Waals surface area contributed by atoms with Gasteiger partial charge < -0.3 is 15.2 Å². The molecule has 1 aliphatic heterocycles. The van der Waals surface area contributed by atoms with Crippen LogP contribution in [0.15, 0.2) is 24.3 Å². The zero-order chi connectivity index (χ0) is 19.6. The Labute approximate surface area is 158 Å². The predicted octanol–water partition coefficient (Wildman–Crippen LogP) is 2.55. The minimum atomic E-state index is -0.936. The molecule has 3 rings (SSSR count). The number of carbonyl (C=O) groups excluding carboxylic acids is 1. The van der Waals surface area contributed by atoms with Crippen LogP contribution in [0.5, 0.6) is 0 Å². The lowest BCUT2D eigenvalue weighted by Crippen LogP contribution is -2.53. The van der Waals surface area contributed by atoms with Crippen LogP contribution in [0, 0.1) is 20.8 Å². The highest BCUT2D eigenvalue weighted by atomic mass is 16.5. The first-order chi connectivity index (χ1) is 12.8. The maximum Gasteiger partial charge on any atom is 0.305 e. The highest BCUT2D eigenvalue weighted by Crippen LogP contribution is 2.25. The van der Waals surface area contributed by atoms with Crippen molar-refractivity contribution in [3.05, 3.63) is 46.8 Å². The molecule has 2 heterocycles. The number of carboxylic acid groups (broad SMARTS) is 1. The molecule has 0 spiro atoms. The maximum atomic E-state index is 12.8. The minimum absolute atomic E-state index is 0.126. The van der Waals surface area contributed by atoms with Gasteiger partial charge >= 0.3 is 5.97 Å². The van der Waals surface area contributed by atoms with E-state index < -0.39 is 11.5 Å². The van der Waals surface area contributed by atoms with Crippen molar-refractivity contribution in [2.45, 2.75) is 45.6 Å². The molecule has 0 radical (unpaired) electrons. The zero-order valence-electron chi connectivity index (χ0n) is 15.9. The minimum Gasteiger partial charge on any atom is -0.481 e. The lowest BCUT2D eigenvalue weighted by atomic mass is 9.86. The van der Waals surface area contributed by atoms with Gasteiger partial charge in [-0.15, -0.1) is 0 Å². The lowest BCUT2D eigenvalue weighted by molar-refractivity contribution is -0.139. The van der Waals surface area contributed by atoms with E-state index in [0.29, 0.717) is 26.1 Å². The Morgan fingerprint density at radius 3 is 2.37 bits per heavy atom. The number of carbonyl (C=O) groups is 2. The van der Waals surface area contributed by atoms with Crippen LogP contribution in [-0.4, -0.2) is 45.5 Å². The van der Waals surface area contributed by atoms with Gasteiger partial charge in [0.1, 0.15) is 0 Å². The summed E-state index contributed by atoms with van der Waals surface area (Å²) in [5.41, 5.74) is 3.46. The van der Waals surface area contributed by atoms with Crippen molar-refractivity contribution in [2.24, 2.45) is 0 Å². The molecule has 0 unspecified atom stereocenters. The molecular formula is C20H25N3O4. The molecule has 1 fully saturated rings. The van der Waals surface area contributed by atoms with Crippen molar-refractivity contribution in [3.63, 3.8) is 0 Å². The zero-order valence-corrected chi connectivity index (χ0v) is 15.9. The number of aromatic nitrogens is 2. The van der Waals surface area contributed by atoms with Crippen LogP contribution in [0.1, 0.15) is 46.6 Å². The van der Waals surface area contributed by atoms with E-state index in [4.69, 9.17) is 4.74 Å². The smallest absolute Gasteiger partial charge is 0.305 e. The standard InChI is InChI=1S/C20H25N3O4/c1-13-8-14(2)10-16(9-13)23-15(3)11-17(22-23)19(26)21-20(12-18(24)25)4-6-27-7-5-20/h8-11H,4-7,12H2,1-3H3,(H,21,26)(H,24,25). The molecule has 0 bridgehead atoms. The third kappa shape index (κ3) is 4.36. The van der Waals surface area contributed by atoms with Crippen LogP contribution in [0.2, 0.25) is 0 Å². The van der Waals surface area contributed by atoms with E-state index in [0.717, 1.165) is 22.5 Å². The molecule has 1 amide bonds. The van der Waals surface area contributed by atoms with Gasteiger partial charge in [-0.1, -0.05) is 6.07 Å². The van der Waals surface area contributed by atoms with E-state index in [-0.39, 0.29) is 18.0 Å². The number of nitrogens with one attached hydrogen (secondary N) is 1. The average Bonchev–Trinajstić information content (AvgIpc) is 2.96. The van der Waals surface area contributed by atoms with Crippen LogP contribution in [0.4, 0.5) is 0 Å². The number of ether oxygens (including phenoxy) is 1. The highest BCUT2D eigenvalue weighted by Gasteiger charge is 2.37. The molecule has 2 N–H and O–H groups in total. The van der Waals surface area contributed by atoms with E-state index >= 15 is 0 Å². The summed E-state index contributed by atoms with van der Waals surface area (Å²) in [5.74, 6) is -1.29. The monoisotopic (exact) mass is 371 g/mol. The predicted molar refractivity (Wildman–Crippen MR) is 100 cm³/mol. The molecule has 1 aromatic carbocycles. The molecule has 1 aromatic heterocycles. The summed E-state index contributed by atoms with van der Waals surface area (Å²) in [6.07, 6.45) is 0.822. The number of hydrogen-bond donors (Lipinski definition) is 2. The fourth-order valence-corrected chi connectivity index (χ4v) is 3.62.